The molecule has 1 rings (SSSR count). The first-order valence-electron chi connectivity index (χ1n) is 5.29. The van der Waals surface area contributed by atoms with E-state index in [0.29, 0.717) is 26.0 Å². The first-order valence-corrected chi connectivity index (χ1v) is 5.29. The number of oxime groups is 1. The minimum absolute atomic E-state index is 0. The molecule has 0 saturated carbocycles. The highest BCUT2D eigenvalue weighted by molar-refractivity contribution is 5.94. The average molecular weight is 251 g/mol. The Bertz CT molecular complexity index is 271. The molecular weight excluding hydrogens is 232 g/mol. The molecule has 0 amide bonds. The summed E-state index contributed by atoms with van der Waals surface area (Å²) >= 11 is 0. The normalized spacial score (nSPS) is 23.1. The summed E-state index contributed by atoms with van der Waals surface area (Å²) < 4.78 is 5.00. The molecule has 1 aliphatic rings. The Kier molecular flexibility index (Phi) is 6.36. The third kappa shape index (κ3) is 3.09. The maximum absolute atomic E-state index is 11.8. The van der Waals surface area contributed by atoms with Crippen LogP contribution in [0.25, 0.3) is 0 Å². The van der Waals surface area contributed by atoms with E-state index in [1.165, 1.54) is 0 Å². The average Bonchev–Trinajstić information content (AvgIpc) is 2.64. The third-order valence-corrected chi connectivity index (χ3v) is 2.38. The first kappa shape index (κ1) is 15.2. The number of nitrogens with two attached hydrogens (primary N) is 1. The summed E-state index contributed by atoms with van der Waals surface area (Å²) in [5.74, 6) is -0.334. The SMILES string of the molecule is CCCC1(C(=O)OCC)CC(CN)=NO1.Cl. The van der Waals surface area contributed by atoms with Gasteiger partial charge in [-0.25, -0.2) is 4.79 Å². The fraction of sp³-hybridized carbons (Fsp3) is 0.800. The Labute approximate surface area is 102 Å². The van der Waals surface area contributed by atoms with Crippen LogP contribution >= 0.6 is 12.4 Å². The van der Waals surface area contributed by atoms with Gasteiger partial charge in [0.1, 0.15) is 0 Å². The Morgan fingerprint density at radius 3 is 2.75 bits per heavy atom. The summed E-state index contributed by atoms with van der Waals surface area (Å²) in [6.07, 6.45) is 1.90. The largest absolute Gasteiger partial charge is 0.463 e. The molecule has 0 bridgehead atoms. The summed E-state index contributed by atoms with van der Waals surface area (Å²) in [4.78, 5) is 17.0. The molecule has 94 valence electrons. The number of carbonyl (C=O) groups excluding carboxylic acids is 1. The number of hydrogen-bond acceptors (Lipinski definition) is 5. The van der Waals surface area contributed by atoms with Crippen LogP contribution in [0.4, 0.5) is 0 Å². The quantitative estimate of drug-likeness (QED) is 0.745. The number of esters is 1. The van der Waals surface area contributed by atoms with Gasteiger partial charge in [0.15, 0.2) is 0 Å². The first-order chi connectivity index (χ1) is 7.18. The molecular formula is C10H19ClN2O3. The summed E-state index contributed by atoms with van der Waals surface area (Å²) in [7, 11) is 0. The lowest BCUT2D eigenvalue weighted by Crippen LogP contribution is -2.41. The number of carbonyl (C=O) groups is 1. The highest BCUT2D eigenvalue weighted by Crippen LogP contribution is 2.30. The molecule has 6 heteroatoms. The Hall–Kier alpha value is -0.810. The van der Waals surface area contributed by atoms with Crippen molar-refractivity contribution in [3.8, 4) is 0 Å². The minimum atomic E-state index is -0.917. The molecule has 1 atom stereocenters. The zero-order chi connectivity index (χ0) is 11.3. The predicted octanol–water partition coefficient (Wildman–Crippen LogP) is 1.25. The minimum Gasteiger partial charge on any atom is -0.463 e. The number of nitrogens with zero attached hydrogens (tertiary/aromatic N) is 1. The van der Waals surface area contributed by atoms with Gasteiger partial charge in [0.05, 0.1) is 12.3 Å². The molecule has 2 N–H and O–H groups in total. The molecule has 0 spiro atoms. The highest BCUT2D eigenvalue weighted by atomic mass is 35.5. The molecule has 5 nitrogen and oxygen atoms in total. The van der Waals surface area contributed by atoms with Gasteiger partial charge in [0.25, 0.3) is 0 Å². The van der Waals surface area contributed by atoms with Crippen LogP contribution < -0.4 is 5.73 Å². The van der Waals surface area contributed by atoms with Crippen LogP contribution in [0.3, 0.4) is 0 Å². The second-order valence-corrected chi connectivity index (χ2v) is 3.59. The zero-order valence-electron chi connectivity index (χ0n) is 9.69. The van der Waals surface area contributed by atoms with Gasteiger partial charge in [-0.2, -0.15) is 0 Å². The van der Waals surface area contributed by atoms with Crippen LogP contribution in [0.1, 0.15) is 33.1 Å². The maximum Gasteiger partial charge on any atom is 0.353 e. The van der Waals surface area contributed by atoms with Crippen molar-refractivity contribution in [2.75, 3.05) is 13.2 Å². The van der Waals surface area contributed by atoms with E-state index in [2.05, 4.69) is 5.16 Å². The van der Waals surface area contributed by atoms with Crippen molar-refractivity contribution < 1.29 is 14.4 Å². The van der Waals surface area contributed by atoms with E-state index in [9.17, 15) is 4.79 Å². The molecule has 0 aromatic carbocycles. The second kappa shape index (κ2) is 6.70. The van der Waals surface area contributed by atoms with Gasteiger partial charge in [-0.15, -0.1) is 12.4 Å². The zero-order valence-corrected chi connectivity index (χ0v) is 10.5. The summed E-state index contributed by atoms with van der Waals surface area (Å²) in [6.45, 7) is 4.44. The van der Waals surface area contributed by atoms with Crippen molar-refractivity contribution in [2.24, 2.45) is 10.9 Å². The maximum atomic E-state index is 11.8. The van der Waals surface area contributed by atoms with Crippen molar-refractivity contribution in [1.82, 2.24) is 0 Å². The number of ether oxygens (including phenoxy) is 1. The molecule has 1 aliphatic heterocycles. The lowest BCUT2D eigenvalue weighted by Gasteiger charge is -2.23. The lowest BCUT2D eigenvalue weighted by molar-refractivity contribution is -0.170. The molecule has 1 unspecified atom stereocenters. The third-order valence-electron chi connectivity index (χ3n) is 2.38. The number of hydrogen-bond donors (Lipinski definition) is 1. The van der Waals surface area contributed by atoms with Crippen LogP contribution in [0.2, 0.25) is 0 Å². The van der Waals surface area contributed by atoms with Crippen molar-refractivity contribution in [3.63, 3.8) is 0 Å². The van der Waals surface area contributed by atoms with Crippen molar-refractivity contribution in [2.45, 2.75) is 38.7 Å². The van der Waals surface area contributed by atoms with E-state index >= 15 is 0 Å². The topological polar surface area (TPSA) is 73.9 Å². The molecule has 0 aliphatic carbocycles. The Balaban J connectivity index is 0.00000225. The molecule has 1 heterocycles. The van der Waals surface area contributed by atoms with Gasteiger partial charge in [0.2, 0.25) is 5.60 Å². The summed E-state index contributed by atoms with van der Waals surface area (Å²) in [6, 6.07) is 0. The van der Waals surface area contributed by atoms with Crippen molar-refractivity contribution in [1.29, 1.82) is 0 Å². The lowest BCUT2D eigenvalue weighted by atomic mass is 9.92. The fourth-order valence-corrected chi connectivity index (χ4v) is 1.67. The van der Waals surface area contributed by atoms with E-state index in [1.54, 1.807) is 6.92 Å². The fourth-order valence-electron chi connectivity index (χ4n) is 1.67. The van der Waals surface area contributed by atoms with E-state index in [1.807, 2.05) is 6.92 Å². The van der Waals surface area contributed by atoms with Gasteiger partial charge in [-0.05, 0) is 6.92 Å². The van der Waals surface area contributed by atoms with E-state index in [0.717, 1.165) is 12.1 Å². The number of rotatable bonds is 5. The van der Waals surface area contributed by atoms with Crippen LogP contribution in [0.15, 0.2) is 5.16 Å². The van der Waals surface area contributed by atoms with Crippen molar-refractivity contribution in [3.05, 3.63) is 0 Å². The van der Waals surface area contributed by atoms with Crippen molar-refractivity contribution >= 4 is 24.1 Å². The van der Waals surface area contributed by atoms with Gasteiger partial charge in [0, 0.05) is 19.4 Å². The highest BCUT2D eigenvalue weighted by Gasteiger charge is 2.46. The van der Waals surface area contributed by atoms with Gasteiger partial charge in [-0.1, -0.05) is 18.5 Å². The molecule has 0 aromatic heterocycles. The summed E-state index contributed by atoms with van der Waals surface area (Å²) in [5, 5.41) is 3.82. The number of halogens is 1. The van der Waals surface area contributed by atoms with Gasteiger partial charge < -0.3 is 15.3 Å². The molecule has 0 radical (unpaired) electrons. The second-order valence-electron chi connectivity index (χ2n) is 3.59. The Morgan fingerprint density at radius 2 is 2.31 bits per heavy atom. The van der Waals surface area contributed by atoms with Gasteiger partial charge in [-0.3, -0.25) is 0 Å². The van der Waals surface area contributed by atoms with Crippen LogP contribution in [0, 0.1) is 0 Å². The monoisotopic (exact) mass is 250 g/mol. The van der Waals surface area contributed by atoms with Crippen LogP contribution in [-0.4, -0.2) is 30.4 Å². The predicted molar refractivity (Wildman–Crippen MR) is 63.7 cm³/mol. The van der Waals surface area contributed by atoms with E-state index < -0.39 is 5.60 Å². The van der Waals surface area contributed by atoms with Gasteiger partial charge >= 0.3 is 5.97 Å². The molecule has 0 aromatic rings. The molecule has 0 saturated heterocycles. The van der Waals surface area contributed by atoms with Crippen LogP contribution in [-0.2, 0) is 14.4 Å². The standard InChI is InChI=1S/C10H18N2O3.ClH/c1-3-5-10(9(13)14-4-2)6-8(7-11)12-15-10;/h3-7,11H2,1-2H3;1H. The summed E-state index contributed by atoms with van der Waals surface area (Å²) in [5.41, 5.74) is 5.26. The van der Waals surface area contributed by atoms with Crippen LogP contribution in [0.5, 0.6) is 0 Å². The molecule has 16 heavy (non-hydrogen) atoms. The Morgan fingerprint density at radius 1 is 1.62 bits per heavy atom. The van der Waals surface area contributed by atoms with E-state index in [4.69, 9.17) is 15.3 Å². The van der Waals surface area contributed by atoms with E-state index in [-0.39, 0.29) is 18.4 Å². The smallest absolute Gasteiger partial charge is 0.353 e. The molecule has 0 fully saturated rings.